The number of benzene rings is 4. The van der Waals surface area contributed by atoms with Crippen molar-refractivity contribution < 1.29 is 18.0 Å². The van der Waals surface area contributed by atoms with Crippen molar-refractivity contribution in [3.63, 3.8) is 0 Å². The zero-order valence-corrected chi connectivity index (χ0v) is 20.2. The minimum Gasteiger partial charge on any atom is -0.289 e. The molecule has 4 aromatic carbocycles. The number of pyridine rings is 1. The number of para-hydroxylation sites is 1. The smallest absolute Gasteiger partial charge is 0.289 e. The summed E-state index contributed by atoms with van der Waals surface area (Å²) in [7, 11) is 0. The van der Waals surface area contributed by atoms with Crippen molar-refractivity contribution in [1.29, 1.82) is 0 Å². The number of hydrogen-bond acceptors (Lipinski definition) is 3. The molecule has 0 amide bonds. The normalized spacial score (nSPS) is 11.8. The molecule has 4 nitrogen and oxygen atoms in total. The van der Waals surface area contributed by atoms with Crippen LogP contribution in [0.5, 0.6) is 0 Å². The van der Waals surface area contributed by atoms with Gasteiger partial charge < -0.3 is 0 Å². The van der Waals surface area contributed by atoms with Gasteiger partial charge >= 0.3 is 6.18 Å². The lowest BCUT2D eigenvalue weighted by atomic mass is 9.87. The topological polar surface area (TPSA) is 47.8 Å². The van der Waals surface area contributed by atoms with Crippen molar-refractivity contribution in [2.45, 2.75) is 13.1 Å². The van der Waals surface area contributed by atoms with E-state index in [0.29, 0.717) is 22.3 Å². The maximum atomic E-state index is 14.8. The number of aryl methyl sites for hydroxylation is 1. The monoisotopic (exact) mass is 507 g/mol. The Morgan fingerprint density at radius 3 is 2.13 bits per heavy atom. The van der Waals surface area contributed by atoms with Gasteiger partial charge in [-0.15, -0.1) is 0 Å². The first-order valence-corrected chi connectivity index (χ1v) is 12.0. The van der Waals surface area contributed by atoms with Crippen LogP contribution in [0.25, 0.3) is 38.6 Å². The second-order valence-electron chi connectivity index (χ2n) is 8.96. The highest BCUT2D eigenvalue weighted by molar-refractivity contribution is 6.20. The van der Waals surface area contributed by atoms with Crippen LogP contribution >= 0.6 is 0 Å². The van der Waals surface area contributed by atoms with Gasteiger partial charge in [0.2, 0.25) is 0 Å². The molecule has 0 bridgehead atoms. The summed E-state index contributed by atoms with van der Waals surface area (Å²) in [5, 5.41) is 6.57. The Labute approximate surface area is 216 Å². The first-order valence-electron chi connectivity index (χ1n) is 12.0. The number of alkyl halides is 3. The molecule has 0 N–H and O–H groups in total. The van der Waals surface area contributed by atoms with Crippen molar-refractivity contribution in [3.8, 4) is 16.8 Å². The van der Waals surface area contributed by atoms with Crippen molar-refractivity contribution in [3.05, 3.63) is 126 Å². The average molecular weight is 508 g/mol. The van der Waals surface area contributed by atoms with Crippen molar-refractivity contribution in [2.24, 2.45) is 0 Å². The summed E-state index contributed by atoms with van der Waals surface area (Å²) in [5.74, 6) is -0.748. The van der Waals surface area contributed by atoms with Crippen LogP contribution in [0, 0.1) is 6.92 Å². The van der Waals surface area contributed by atoms with E-state index in [1.807, 2.05) is 36.4 Å². The fraction of sp³-hybridized carbons (Fsp3) is 0.0645. The minimum absolute atomic E-state index is 0.0357. The number of halogens is 3. The molecule has 0 saturated carbocycles. The van der Waals surface area contributed by atoms with Gasteiger partial charge in [0.25, 0.3) is 0 Å². The average Bonchev–Trinajstić information content (AvgIpc) is 3.28. The van der Waals surface area contributed by atoms with Gasteiger partial charge in [-0.25, -0.2) is 9.67 Å². The van der Waals surface area contributed by atoms with E-state index >= 15 is 0 Å². The molecule has 0 spiro atoms. The standard InChI is InChI=1S/C31H20F3N3O/c1-19-25-26(24-18-10-14-20-11-8-9-17-23(20)24)27(28(38)21-12-4-2-5-13-21)29(31(32,33)34)35-30(25)37(36-19)22-15-6-3-7-16-22/h2-18H,1H3. The van der Waals surface area contributed by atoms with Gasteiger partial charge in [-0.2, -0.15) is 18.3 Å². The van der Waals surface area contributed by atoms with E-state index in [4.69, 9.17) is 0 Å². The Bertz CT molecular complexity index is 1820. The predicted octanol–water partition coefficient (Wildman–Crippen LogP) is 7.80. The zero-order valence-electron chi connectivity index (χ0n) is 20.2. The minimum atomic E-state index is -4.90. The zero-order chi connectivity index (χ0) is 26.4. The number of fused-ring (bicyclic) bond motifs is 2. The summed E-state index contributed by atoms with van der Waals surface area (Å²) >= 11 is 0. The van der Waals surface area contributed by atoms with Crippen LogP contribution < -0.4 is 0 Å². The van der Waals surface area contributed by atoms with E-state index in [0.717, 1.165) is 10.8 Å². The molecular formula is C31H20F3N3O. The molecule has 0 saturated heterocycles. The van der Waals surface area contributed by atoms with E-state index in [2.05, 4.69) is 10.1 Å². The number of rotatable bonds is 4. The van der Waals surface area contributed by atoms with E-state index < -0.39 is 23.2 Å². The maximum Gasteiger partial charge on any atom is 0.434 e. The second kappa shape index (κ2) is 8.95. The number of hydrogen-bond donors (Lipinski definition) is 0. The third kappa shape index (κ3) is 3.84. The number of carbonyl (C=O) groups is 1. The van der Waals surface area contributed by atoms with Crippen LogP contribution in [-0.4, -0.2) is 20.5 Å². The predicted molar refractivity (Wildman–Crippen MR) is 141 cm³/mol. The van der Waals surface area contributed by atoms with Crippen LogP contribution in [0.15, 0.2) is 103 Å². The molecule has 186 valence electrons. The van der Waals surface area contributed by atoms with Gasteiger partial charge in [0.1, 0.15) is 0 Å². The van der Waals surface area contributed by atoms with Gasteiger partial charge in [-0.3, -0.25) is 4.79 Å². The summed E-state index contributed by atoms with van der Waals surface area (Å²) in [6, 6.07) is 29.7. The van der Waals surface area contributed by atoms with Gasteiger partial charge in [0.15, 0.2) is 17.1 Å². The van der Waals surface area contributed by atoms with Crippen LogP contribution in [0.1, 0.15) is 27.3 Å². The largest absolute Gasteiger partial charge is 0.434 e. The second-order valence-corrected chi connectivity index (χ2v) is 8.96. The molecule has 6 rings (SSSR count). The first kappa shape index (κ1) is 23.6. The summed E-state index contributed by atoms with van der Waals surface area (Å²) in [6.45, 7) is 1.72. The van der Waals surface area contributed by atoms with Gasteiger partial charge in [0.05, 0.1) is 22.3 Å². The third-order valence-electron chi connectivity index (χ3n) is 6.58. The highest BCUT2D eigenvalue weighted by Gasteiger charge is 2.41. The summed E-state index contributed by atoms with van der Waals surface area (Å²) in [6.07, 6.45) is -4.90. The van der Waals surface area contributed by atoms with E-state index in [1.54, 1.807) is 61.5 Å². The Balaban J connectivity index is 1.83. The molecule has 2 aromatic heterocycles. The lowest BCUT2D eigenvalue weighted by molar-refractivity contribution is -0.141. The Morgan fingerprint density at radius 2 is 1.42 bits per heavy atom. The molecule has 2 heterocycles. The SMILES string of the molecule is Cc1nn(-c2ccccc2)c2nc(C(F)(F)F)c(C(=O)c3ccccc3)c(-c3cccc4ccccc34)c12. The van der Waals surface area contributed by atoms with Crippen molar-refractivity contribution in [1.82, 2.24) is 14.8 Å². The molecule has 0 aliphatic heterocycles. The molecule has 0 atom stereocenters. The van der Waals surface area contributed by atoms with Crippen LogP contribution in [-0.2, 0) is 6.18 Å². The highest BCUT2D eigenvalue weighted by Crippen LogP contribution is 2.44. The Hall–Kier alpha value is -4.78. The number of ketones is 1. The Kier molecular flexibility index (Phi) is 5.56. The van der Waals surface area contributed by atoms with Crippen LogP contribution in [0.4, 0.5) is 13.2 Å². The fourth-order valence-electron chi connectivity index (χ4n) is 4.94. The fourth-order valence-corrected chi connectivity index (χ4v) is 4.94. The van der Waals surface area contributed by atoms with E-state index in [1.165, 1.54) is 16.8 Å². The van der Waals surface area contributed by atoms with E-state index in [9.17, 15) is 18.0 Å². The summed E-state index contributed by atoms with van der Waals surface area (Å²) < 4.78 is 45.7. The molecule has 6 aromatic rings. The molecule has 0 fully saturated rings. The summed E-state index contributed by atoms with van der Waals surface area (Å²) in [4.78, 5) is 18.0. The lowest BCUT2D eigenvalue weighted by Crippen LogP contribution is -2.18. The van der Waals surface area contributed by atoms with Gasteiger partial charge in [0, 0.05) is 11.1 Å². The number of carbonyl (C=O) groups excluding carboxylic acids is 1. The summed E-state index contributed by atoms with van der Waals surface area (Å²) in [5.41, 5.74) is 0.181. The number of nitrogens with zero attached hydrogens (tertiary/aromatic N) is 3. The van der Waals surface area contributed by atoms with Crippen LogP contribution in [0.2, 0.25) is 0 Å². The van der Waals surface area contributed by atoms with Crippen LogP contribution in [0.3, 0.4) is 0 Å². The molecule has 0 aliphatic carbocycles. The first-order chi connectivity index (χ1) is 18.3. The molecule has 0 unspecified atom stereocenters. The Morgan fingerprint density at radius 1 is 0.789 bits per heavy atom. The van der Waals surface area contributed by atoms with Gasteiger partial charge in [-0.05, 0) is 35.4 Å². The maximum absolute atomic E-state index is 14.8. The molecule has 7 heteroatoms. The number of aromatic nitrogens is 3. The molecule has 0 radical (unpaired) electrons. The quantitative estimate of drug-likeness (QED) is 0.229. The van der Waals surface area contributed by atoms with E-state index in [-0.39, 0.29) is 16.8 Å². The molecule has 38 heavy (non-hydrogen) atoms. The molecular weight excluding hydrogens is 487 g/mol. The highest BCUT2D eigenvalue weighted by atomic mass is 19.4. The third-order valence-corrected chi connectivity index (χ3v) is 6.58. The van der Waals surface area contributed by atoms with Crippen molar-refractivity contribution >= 4 is 27.6 Å². The van der Waals surface area contributed by atoms with Crippen molar-refractivity contribution in [2.75, 3.05) is 0 Å². The lowest BCUT2D eigenvalue weighted by Gasteiger charge is -2.19. The van der Waals surface area contributed by atoms with Gasteiger partial charge in [-0.1, -0.05) is 91.0 Å². The molecule has 0 aliphatic rings.